The van der Waals surface area contributed by atoms with Gasteiger partial charge in [-0.05, 0) is 32.0 Å². The first-order valence-electron chi connectivity index (χ1n) is 8.36. The normalized spacial score (nSPS) is 17.3. The van der Waals surface area contributed by atoms with E-state index >= 15 is 0 Å². The Bertz CT molecular complexity index is 650. The molecule has 1 N–H and O–H groups in total. The highest BCUT2D eigenvalue weighted by atomic mass is 16.5. The fraction of sp³-hybridized carbons (Fsp3) is 0.444. The van der Waals surface area contributed by atoms with Crippen LogP contribution in [0.2, 0.25) is 0 Å². The van der Waals surface area contributed by atoms with E-state index in [1.807, 2.05) is 59.4 Å². The number of nitrogens with zero attached hydrogens (tertiary/aromatic N) is 3. The van der Waals surface area contributed by atoms with Gasteiger partial charge in [0, 0.05) is 31.5 Å². The van der Waals surface area contributed by atoms with Crippen LogP contribution in [0.1, 0.15) is 18.4 Å². The largest absolute Gasteiger partial charge is 0.376 e. The van der Waals surface area contributed by atoms with Crippen LogP contribution in [-0.2, 0) is 16.1 Å². The number of hydrogen-bond donors (Lipinski definition) is 1. The number of carbonyl (C=O) groups is 1. The summed E-state index contributed by atoms with van der Waals surface area (Å²) in [6, 6.07) is 9.98. The van der Waals surface area contributed by atoms with Crippen LogP contribution in [0.15, 0.2) is 42.7 Å². The molecule has 2 aromatic rings. The molecule has 1 atom stereocenters. The van der Waals surface area contributed by atoms with Gasteiger partial charge in [-0.2, -0.15) is 5.10 Å². The van der Waals surface area contributed by atoms with E-state index in [4.69, 9.17) is 4.74 Å². The van der Waals surface area contributed by atoms with Crippen LogP contribution in [0.25, 0.3) is 5.69 Å². The van der Waals surface area contributed by atoms with E-state index in [0.717, 1.165) is 30.7 Å². The second kappa shape index (κ2) is 8.08. The quantitative estimate of drug-likeness (QED) is 0.839. The summed E-state index contributed by atoms with van der Waals surface area (Å²) in [5.74, 6) is 0.0310. The zero-order valence-corrected chi connectivity index (χ0v) is 14.0. The lowest BCUT2D eigenvalue weighted by molar-refractivity contribution is -0.122. The van der Waals surface area contributed by atoms with Crippen LogP contribution in [0.5, 0.6) is 0 Å². The van der Waals surface area contributed by atoms with Gasteiger partial charge in [-0.3, -0.25) is 9.69 Å². The number of nitrogens with one attached hydrogen (secondary N) is 1. The van der Waals surface area contributed by atoms with Crippen molar-refractivity contribution in [2.75, 3.05) is 26.7 Å². The number of hydrogen-bond acceptors (Lipinski definition) is 4. The van der Waals surface area contributed by atoms with Gasteiger partial charge in [0.15, 0.2) is 0 Å². The predicted molar refractivity (Wildman–Crippen MR) is 91.9 cm³/mol. The summed E-state index contributed by atoms with van der Waals surface area (Å²) in [6.07, 6.45) is 6.15. The number of carbonyl (C=O) groups excluding carboxylic acids is 1. The minimum absolute atomic E-state index is 0.0310. The number of ether oxygens (including phenoxy) is 1. The summed E-state index contributed by atoms with van der Waals surface area (Å²) < 4.78 is 7.36. The number of likely N-dealkylation sites (N-methyl/N-ethyl adjacent to an activating group) is 1. The van der Waals surface area contributed by atoms with Gasteiger partial charge in [0.1, 0.15) is 0 Å². The number of benzene rings is 1. The molecule has 1 aliphatic rings. The smallest absolute Gasteiger partial charge is 0.234 e. The molecular formula is C18H24N4O2. The van der Waals surface area contributed by atoms with Gasteiger partial charge < -0.3 is 10.1 Å². The maximum atomic E-state index is 12.0. The molecule has 1 fully saturated rings. The number of rotatable bonds is 7. The third-order valence-corrected chi connectivity index (χ3v) is 4.07. The third-order valence-electron chi connectivity index (χ3n) is 4.07. The first kappa shape index (κ1) is 16.7. The van der Waals surface area contributed by atoms with Gasteiger partial charge in [0.25, 0.3) is 0 Å². The van der Waals surface area contributed by atoms with E-state index in [-0.39, 0.29) is 12.0 Å². The van der Waals surface area contributed by atoms with Crippen molar-refractivity contribution in [3.8, 4) is 5.69 Å². The van der Waals surface area contributed by atoms with Gasteiger partial charge >= 0.3 is 0 Å². The van der Waals surface area contributed by atoms with E-state index in [9.17, 15) is 4.79 Å². The Balaban J connectivity index is 1.45. The fourth-order valence-corrected chi connectivity index (χ4v) is 2.87. The molecule has 24 heavy (non-hydrogen) atoms. The molecule has 1 amide bonds. The molecule has 1 saturated heterocycles. The Hall–Kier alpha value is -2.18. The van der Waals surface area contributed by atoms with Crippen molar-refractivity contribution in [2.24, 2.45) is 0 Å². The molecule has 0 saturated carbocycles. The zero-order valence-electron chi connectivity index (χ0n) is 14.0. The van der Waals surface area contributed by atoms with Crippen LogP contribution in [0.4, 0.5) is 0 Å². The van der Waals surface area contributed by atoms with Gasteiger partial charge in [-0.15, -0.1) is 0 Å². The average Bonchev–Trinajstić information content (AvgIpc) is 3.25. The van der Waals surface area contributed by atoms with Crippen molar-refractivity contribution < 1.29 is 9.53 Å². The summed E-state index contributed by atoms with van der Waals surface area (Å²) in [7, 11) is 1.94. The molecule has 0 bridgehead atoms. The topological polar surface area (TPSA) is 59.4 Å². The van der Waals surface area contributed by atoms with Crippen molar-refractivity contribution in [1.29, 1.82) is 0 Å². The highest BCUT2D eigenvalue weighted by Gasteiger charge is 2.16. The van der Waals surface area contributed by atoms with Gasteiger partial charge in [-0.25, -0.2) is 4.68 Å². The predicted octanol–water partition coefficient (Wildman–Crippen LogP) is 1.60. The molecule has 2 heterocycles. The summed E-state index contributed by atoms with van der Waals surface area (Å²) in [4.78, 5) is 14.0. The number of amides is 1. The first-order chi connectivity index (χ1) is 11.7. The van der Waals surface area contributed by atoms with Crippen molar-refractivity contribution in [3.63, 3.8) is 0 Å². The van der Waals surface area contributed by atoms with Crippen molar-refractivity contribution in [1.82, 2.24) is 20.0 Å². The molecule has 6 heteroatoms. The van der Waals surface area contributed by atoms with E-state index < -0.39 is 0 Å². The van der Waals surface area contributed by atoms with Crippen molar-refractivity contribution in [2.45, 2.75) is 25.5 Å². The molecule has 1 aromatic carbocycles. The second-order valence-corrected chi connectivity index (χ2v) is 6.24. The Morgan fingerprint density at radius 2 is 2.25 bits per heavy atom. The molecule has 6 nitrogen and oxygen atoms in total. The van der Waals surface area contributed by atoms with Crippen LogP contribution < -0.4 is 5.32 Å². The van der Waals surface area contributed by atoms with Gasteiger partial charge in [-0.1, -0.05) is 18.2 Å². The summed E-state index contributed by atoms with van der Waals surface area (Å²) in [5, 5.41) is 7.33. The van der Waals surface area contributed by atoms with Crippen LogP contribution in [-0.4, -0.2) is 53.4 Å². The SMILES string of the molecule is CN(CC(=O)NCC1CCCO1)Cc1cnn(-c2ccccc2)c1. The van der Waals surface area contributed by atoms with Crippen LogP contribution >= 0.6 is 0 Å². The molecular weight excluding hydrogens is 304 g/mol. The van der Waals surface area contributed by atoms with E-state index in [1.165, 1.54) is 0 Å². The summed E-state index contributed by atoms with van der Waals surface area (Å²) in [6.45, 7) is 2.47. The number of para-hydroxylation sites is 1. The number of aromatic nitrogens is 2. The minimum atomic E-state index is 0.0310. The highest BCUT2D eigenvalue weighted by Crippen LogP contribution is 2.11. The molecule has 1 unspecified atom stereocenters. The van der Waals surface area contributed by atoms with Crippen molar-refractivity contribution >= 4 is 5.91 Å². The van der Waals surface area contributed by atoms with Gasteiger partial charge in [0.2, 0.25) is 5.91 Å². The zero-order chi connectivity index (χ0) is 16.8. The van der Waals surface area contributed by atoms with Crippen LogP contribution in [0, 0.1) is 0 Å². The second-order valence-electron chi connectivity index (χ2n) is 6.24. The molecule has 0 aliphatic carbocycles. The minimum Gasteiger partial charge on any atom is -0.376 e. The van der Waals surface area contributed by atoms with E-state index in [2.05, 4.69) is 10.4 Å². The maximum absolute atomic E-state index is 12.0. The highest BCUT2D eigenvalue weighted by molar-refractivity contribution is 5.78. The fourth-order valence-electron chi connectivity index (χ4n) is 2.87. The molecule has 3 rings (SSSR count). The maximum Gasteiger partial charge on any atom is 0.234 e. The van der Waals surface area contributed by atoms with Crippen LogP contribution in [0.3, 0.4) is 0 Å². The lowest BCUT2D eigenvalue weighted by Gasteiger charge is -2.16. The molecule has 0 radical (unpaired) electrons. The molecule has 0 spiro atoms. The van der Waals surface area contributed by atoms with Crippen molar-refractivity contribution in [3.05, 3.63) is 48.3 Å². The lowest BCUT2D eigenvalue weighted by Crippen LogP contribution is -2.38. The standard InChI is InChI=1S/C18H24N4O2/c1-21(14-18(23)19-11-17-8-5-9-24-17)12-15-10-20-22(13-15)16-6-3-2-4-7-16/h2-4,6-7,10,13,17H,5,8-9,11-12,14H2,1H3,(H,19,23). The third kappa shape index (κ3) is 4.66. The molecule has 1 aromatic heterocycles. The monoisotopic (exact) mass is 328 g/mol. The lowest BCUT2D eigenvalue weighted by atomic mass is 10.2. The Morgan fingerprint density at radius 1 is 1.42 bits per heavy atom. The average molecular weight is 328 g/mol. The first-order valence-corrected chi connectivity index (χ1v) is 8.36. The van der Waals surface area contributed by atoms with Gasteiger partial charge in [0.05, 0.1) is 24.5 Å². The molecule has 128 valence electrons. The Kier molecular flexibility index (Phi) is 5.61. The summed E-state index contributed by atoms with van der Waals surface area (Å²) in [5.41, 5.74) is 2.11. The Labute approximate surface area is 142 Å². The summed E-state index contributed by atoms with van der Waals surface area (Å²) >= 11 is 0. The molecule has 1 aliphatic heterocycles. The van der Waals surface area contributed by atoms with E-state index in [0.29, 0.717) is 19.6 Å². The van der Waals surface area contributed by atoms with E-state index in [1.54, 1.807) is 0 Å². The Morgan fingerprint density at radius 3 is 3.00 bits per heavy atom.